The van der Waals surface area contributed by atoms with Crippen molar-refractivity contribution in [2.24, 2.45) is 0 Å². The molecule has 0 radical (unpaired) electrons. The number of halogens is 5. The Bertz CT molecular complexity index is 2030. The summed E-state index contributed by atoms with van der Waals surface area (Å²) >= 11 is 1.53. The highest BCUT2D eigenvalue weighted by atomic mass is 35.5. The number of methoxy groups -OCH3 is 2. The van der Waals surface area contributed by atoms with E-state index in [-0.39, 0.29) is 36.8 Å². The summed E-state index contributed by atoms with van der Waals surface area (Å²) in [6.07, 6.45) is -3.48. The molecule has 5 aromatic rings. The number of anilines is 2. The highest BCUT2D eigenvalue weighted by molar-refractivity contribution is 7.99. The van der Waals surface area contributed by atoms with Crippen molar-refractivity contribution in [1.29, 1.82) is 0 Å². The number of aliphatic hydroxyl groups excluding tert-OH is 1. The van der Waals surface area contributed by atoms with Gasteiger partial charge in [0, 0.05) is 66.8 Å². The summed E-state index contributed by atoms with van der Waals surface area (Å²) < 4.78 is 56.1. The zero-order valence-electron chi connectivity index (χ0n) is 29.3. The van der Waals surface area contributed by atoms with Crippen molar-refractivity contribution in [3.63, 3.8) is 0 Å². The molecule has 2 aliphatic heterocycles. The van der Waals surface area contributed by atoms with Crippen molar-refractivity contribution in [2.45, 2.75) is 22.4 Å². The smallest absolute Gasteiger partial charge is 0.416 e. The van der Waals surface area contributed by atoms with E-state index in [0.29, 0.717) is 47.0 Å². The van der Waals surface area contributed by atoms with Crippen LogP contribution in [0.3, 0.4) is 0 Å². The summed E-state index contributed by atoms with van der Waals surface area (Å²) in [7, 11) is 3.17. The van der Waals surface area contributed by atoms with Gasteiger partial charge >= 0.3 is 6.18 Å². The Balaban J connectivity index is 0.000000241. The first-order valence-electron chi connectivity index (χ1n) is 16.7. The van der Waals surface area contributed by atoms with Crippen LogP contribution in [0.2, 0.25) is 0 Å². The summed E-state index contributed by atoms with van der Waals surface area (Å²) in [5, 5.41) is 9.60. The van der Waals surface area contributed by atoms with Crippen LogP contribution in [0, 0.1) is 0 Å². The van der Waals surface area contributed by atoms with E-state index < -0.39 is 11.7 Å². The lowest BCUT2D eigenvalue weighted by Gasteiger charge is -2.36. The Hall–Kier alpha value is -3.91. The van der Waals surface area contributed by atoms with Crippen molar-refractivity contribution in [3.8, 4) is 22.8 Å². The van der Waals surface area contributed by atoms with Crippen LogP contribution < -0.4 is 19.8 Å². The average molecular weight is 793 g/mol. The number of nitrogens with zero attached hydrogens (tertiary/aromatic N) is 3. The predicted molar refractivity (Wildman–Crippen MR) is 209 cm³/mol. The van der Waals surface area contributed by atoms with Crippen LogP contribution in [0.15, 0.2) is 110 Å². The van der Waals surface area contributed by atoms with Gasteiger partial charge in [0.25, 0.3) is 0 Å². The highest BCUT2D eigenvalue weighted by Gasteiger charge is 2.33. The maximum absolute atomic E-state index is 13.3. The van der Waals surface area contributed by atoms with E-state index in [1.165, 1.54) is 30.0 Å². The van der Waals surface area contributed by atoms with Crippen molar-refractivity contribution >= 4 is 58.9 Å². The normalized spacial score (nSPS) is 14.2. The average Bonchev–Trinajstić information content (AvgIpc) is 3.14. The van der Waals surface area contributed by atoms with Gasteiger partial charge in [-0.15, -0.1) is 24.8 Å². The van der Waals surface area contributed by atoms with Crippen LogP contribution in [0.4, 0.5) is 24.5 Å². The molecule has 0 unspecified atom stereocenters. The topological polar surface area (TPSA) is 78.6 Å². The molecule has 4 aromatic carbocycles. The van der Waals surface area contributed by atoms with Crippen LogP contribution >= 0.6 is 36.6 Å². The number of hydrogen-bond donors (Lipinski definition) is 1. The van der Waals surface area contributed by atoms with Gasteiger partial charge in [-0.25, -0.2) is 0 Å². The molecule has 3 heterocycles. The second-order valence-electron chi connectivity index (χ2n) is 12.2. The molecule has 284 valence electrons. The molecule has 1 N–H and O–H groups in total. The fourth-order valence-corrected chi connectivity index (χ4v) is 7.33. The minimum atomic E-state index is -4.35. The van der Waals surface area contributed by atoms with Crippen LogP contribution in [0.5, 0.6) is 11.5 Å². The van der Waals surface area contributed by atoms with Crippen molar-refractivity contribution < 1.29 is 32.2 Å². The molecule has 0 aliphatic carbocycles. The second-order valence-corrected chi connectivity index (χ2v) is 13.3. The molecular formula is C39H42Cl2F3N3O5S. The number of ether oxygens (including phenoxy) is 2. The van der Waals surface area contributed by atoms with Gasteiger partial charge < -0.3 is 28.8 Å². The molecule has 2 aliphatic rings. The second kappa shape index (κ2) is 18.9. The van der Waals surface area contributed by atoms with Crippen molar-refractivity contribution in [3.05, 3.63) is 107 Å². The Kier molecular flexibility index (Phi) is 14.9. The van der Waals surface area contributed by atoms with Gasteiger partial charge in [0.1, 0.15) is 22.8 Å². The first-order chi connectivity index (χ1) is 24.7. The van der Waals surface area contributed by atoms with Crippen molar-refractivity contribution in [1.82, 2.24) is 9.80 Å². The van der Waals surface area contributed by atoms with E-state index in [1.54, 1.807) is 38.5 Å². The fourth-order valence-electron chi connectivity index (χ4n) is 6.26. The quantitative estimate of drug-likeness (QED) is 0.158. The van der Waals surface area contributed by atoms with Gasteiger partial charge in [-0.05, 0) is 67.6 Å². The van der Waals surface area contributed by atoms with Gasteiger partial charge in [0.15, 0.2) is 5.43 Å². The maximum atomic E-state index is 13.3. The lowest BCUT2D eigenvalue weighted by molar-refractivity contribution is -0.137. The van der Waals surface area contributed by atoms with Crippen LogP contribution in [-0.2, 0) is 6.18 Å². The van der Waals surface area contributed by atoms with Crippen LogP contribution in [0.25, 0.3) is 22.3 Å². The Morgan fingerprint density at radius 3 is 2.13 bits per heavy atom. The number of hydrogen-bond acceptors (Lipinski definition) is 9. The first-order valence-corrected chi connectivity index (χ1v) is 17.6. The monoisotopic (exact) mass is 791 g/mol. The van der Waals surface area contributed by atoms with Crippen LogP contribution in [-0.4, -0.2) is 81.5 Å². The summed E-state index contributed by atoms with van der Waals surface area (Å²) in [6.45, 7) is 6.29. The summed E-state index contributed by atoms with van der Waals surface area (Å²) in [5.41, 5.74) is 2.21. The largest absolute Gasteiger partial charge is 0.497 e. The molecule has 0 bridgehead atoms. The van der Waals surface area contributed by atoms with E-state index in [4.69, 9.17) is 19.0 Å². The first kappa shape index (κ1) is 41.8. The molecule has 1 saturated heterocycles. The van der Waals surface area contributed by atoms with Gasteiger partial charge in [0.2, 0.25) is 0 Å². The van der Waals surface area contributed by atoms with E-state index in [1.807, 2.05) is 53.4 Å². The third kappa shape index (κ3) is 10.2. The molecule has 0 atom stereocenters. The van der Waals surface area contributed by atoms with Crippen LogP contribution in [0.1, 0.15) is 12.0 Å². The predicted octanol–water partition coefficient (Wildman–Crippen LogP) is 8.63. The standard InChI is InChI=1S/C22H26F3N3OS.C17H14O4.2ClH/c23-22(24,25)17-6-7-21-19(16-17)28(18-4-1-2-5-20(18)30-21)9-3-8-26-10-12-27(13-11-26)14-15-29;1-19-12-5-3-4-11(8-12)16-10-15(18)14-7-6-13(20-2)9-17(14)21-16;;/h1-2,4-7,16,29H,3,8-15H2;3-10H,1-2H3;2*1H. The Labute approximate surface area is 323 Å². The fraction of sp³-hybridized carbons (Fsp3) is 0.308. The van der Waals surface area contributed by atoms with Crippen molar-refractivity contribution in [2.75, 3.05) is 71.5 Å². The van der Waals surface area contributed by atoms with E-state index in [9.17, 15) is 18.0 Å². The molecule has 0 spiro atoms. The number of β-amino-alcohol motifs (C(OH)–C–C–N with tert-alkyl or cyclic N) is 1. The van der Waals surface area contributed by atoms with Gasteiger partial charge in [-0.3, -0.25) is 9.69 Å². The molecule has 1 aromatic heterocycles. The minimum absolute atomic E-state index is 0. The Morgan fingerprint density at radius 2 is 1.43 bits per heavy atom. The maximum Gasteiger partial charge on any atom is 0.416 e. The van der Waals surface area contributed by atoms with E-state index >= 15 is 0 Å². The number of benzene rings is 4. The number of rotatable bonds is 9. The molecule has 0 saturated carbocycles. The number of alkyl halides is 3. The highest BCUT2D eigenvalue weighted by Crippen LogP contribution is 2.49. The van der Waals surface area contributed by atoms with Gasteiger partial charge in [-0.2, -0.15) is 13.2 Å². The molecule has 1 fully saturated rings. The summed E-state index contributed by atoms with van der Waals surface area (Å²) in [6, 6.07) is 26.0. The summed E-state index contributed by atoms with van der Waals surface area (Å²) in [4.78, 5) is 20.8. The number of para-hydroxylation sites is 1. The minimum Gasteiger partial charge on any atom is -0.497 e. The van der Waals surface area contributed by atoms with Gasteiger partial charge in [0.05, 0.1) is 43.2 Å². The van der Waals surface area contributed by atoms with Gasteiger partial charge in [-0.1, -0.05) is 36.0 Å². The number of aliphatic hydroxyl groups is 1. The number of fused-ring (bicyclic) bond motifs is 3. The zero-order chi connectivity index (χ0) is 36.0. The van der Waals surface area contributed by atoms with E-state index in [2.05, 4.69) is 9.80 Å². The van der Waals surface area contributed by atoms with E-state index in [0.717, 1.165) is 60.2 Å². The third-order valence-electron chi connectivity index (χ3n) is 8.98. The molecule has 53 heavy (non-hydrogen) atoms. The molecule has 8 nitrogen and oxygen atoms in total. The SMILES string of the molecule is COc1cccc(-c2cc(=O)c3ccc(OC)cc3o2)c1.Cl.Cl.OCCN1CCN(CCCN2c3ccccc3Sc3ccc(C(F)(F)F)cc32)CC1. The lowest BCUT2D eigenvalue weighted by atomic mass is 10.1. The summed E-state index contributed by atoms with van der Waals surface area (Å²) in [5.74, 6) is 1.86. The zero-order valence-corrected chi connectivity index (χ0v) is 31.8. The number of piperazine rings is 1. The molecule has 7 rings (SSSR count). The molecule has 0 amide bonds. The lowest BCUT2D eigenvalue weighted by Crippen LogP contribution is -2.47. The Morgan fingerprint density at radius 1 is 0.755 bits per heavy atom. The third-order valence-corrected chi connectivity index (χ3v) is 10.1. The molecule has 14 heteroatoms. The molecular weight excluding hydrogens is 750 g/mol.